The molecular weight excluding hydrogens is 110 g/mol. The van der Waals surface area contributed by atoms with Gasteiger partial charge in [-0.05, 0) is 5.56 Å². The summed E-state index contributed by atoms with van der Waals surface area (Å²) in [6.45, 7) is 0. The molecule has 0 aromatic heterocycles. The molecular formula is C8H10N+. The molecule has 46 valence electrons. The Labute approximate surface area is 54.5 Å². The van der Waals surface area contributed by atoms with Crippen molar-refractivity contribution in [2.75, 3.05) is 0 Å². The predicted molar refractivity (Wildman–Crippen MR) is 35.8 cm³/mol. The molecule has 1 aromatic rings. The third-order valence-electron chi connectivity index (χ3n) is 1.96. The average Bonchev–Trinajstić information content (AvgIpc) is 1.86. The number of benzene rings is 1. The Morgan fingerprint density at radius 3 is 2.67 bits per heavy atom. The topological polar surface area (TPSA) is 27.6 Å². The highest BCUT2D eigenvalue weighted by Gasteiger charge is 2.23. The summed E-state index contributed by atoms with van der Waals surface area (Å²) < 4.78 is 0. The minimum atomic E-state index is 0.571. The van der Waals surface area contributed by atoms with Gasteiger partial charge in [0.15, 0.2) is 0 Å². The average molecular weight is 120 g/mol. The van der Waals surface area contributed by atoms with E-state index in [1.54, 1.807) is 0 Å². The normalized spacial score (nSPS) is 22.6. The number of hydrogen-bond acceptors (Lipinski definition) is 0. The summed E-state index contributed by atoms with van der Waals surface area (Å²) in [4.78, 5) is 0. The van der Waals surface area contributed by atoms with Crippen LogP contribution in [0.15, 0.2) is 24.3 Å². The van der Waals surface area contributed by atoms with Crippen molar-refractivity contribution in [1.29, 1.82) is 0 Å². The van der Waals surface area contributed by atoms with Crippen molar-refractivity contribution in [2.24, 2.45) is 0 Å². The van der Waals surface area contributed by atoms with Crippen molar-refractivity contribution in [1.82, 2.24) is 0 Å². The summed E-state index contributed by atoms with van der Waals surface area (Å²) in [5.41, 5.74) is 6.91. The van der Waals surface area contributed by atoms with Crippen LogP contribution >= 0.6 is 0 Å². The van der Waals surface area contributed by atoms with E-state index in [0.29, 0.717) is 6.04 Å². The lowest BCUT2D eigenvalue weighted by molar-refractivity contribution is -0.433. The quantitative estimate of drug-likeness (QED) is 0.517. The number of hydrogen-bond donors (Lipinski definition) is 1. The molecule has 0 bridgehead atoms. The highest BCUT2D eigenvalue weighted by molar-refractivity contribution is 5.37. The SMILES string of the molecule is [NH3+][C@@H]1Cc2ccccc21. The second-order valence-corrected chi connectivity index (χ2v) is 2.60. The predicted octanol–water partition coefficient (Wildman–Crippen LogP) is 0.526. The van der Waals surface area contributed by atoms with Crippen LogP contribution in [0.1, 0.15) is 17.2 Å². The molecule has 1 nitrogen and oxygen atoms in total. The molecule has 0 fully saturated rings. The van der Waals surface area contributed by atoms with Gasteiger partial charge in [-0.3, -0.25) is 0 Å². The Morgan fingerprint density at radius 2 is 2.11 bits per heavy atom. The molecule has 1 heteroatoms. The molecule has 1 aliphatic carbocycles. The van der Waals surface area contributed by atoms with Crippen LogP contribution in [0.5, 0.6) is 0 Å². The van der Waals surface area contributed by atoms with E-state index in [1.165, 1.54) is 17.5 Å². The van der Waals surface area contributed by atoms with Crippen molar-refractivity contribution in [3.63, 3.8) is 0 Å². The minimum Gasteiger partial charge on any atom is -0.351 e. The highest BCUT2D eigenvalue weighted by atomic mass is 14.7. The lowest BCUT2D eigenvalue weighted by atomic mass is 9.84. The third kappa shape index (κ3) is 0.583. The van der Waals surface area contributed by atoms with Crippen LogP contribution in [-0.2, 0) is 6.42 Å². The van der Waals surface area contributed by atoms with Crippen molar-refractivity contribution in [3.05, 3.63) is 35.4 Å². The van der Waals surface area contributed by atoms with Gasteiger partial charge in [0.25, 0.3) is 0 Å². The standard InChI is InChI=1S/C8H9N/c9-8-5-6-3-1-2-4-7(6)8/h1-4,8H,5,9H2/p+1/t8-/m1/s1. The van der Waals surface area contributed by atoms with E-state index in [2.05, 4.69) is 30.0 Å². The molecule has 1 aliphatic rings. The summed E-state index contributed by atoms with van der Waals surface area (Å²) in [5.74, 6) is 0. The molecule has 0 spiro atoms. The summed E-state index contributed by atoms with van der Waals surface area (Å²) in [6.07, 6.45) is 1.18. The zero-order valence-electron chi connectivity index (χ0n) is 5.30. The molecule has 0 saturated heterocycles. The molecule has 1 atom stereocenters. The molecule has 3 N–H and O–H groups in total. The summed E-state index contributed by atoms with van der Waals surface area (Å²) in [7, 11) is 0. The summed E-state index contributed by atoms with van der Waals surface area (Å²) >= 11 is 0. The summed E-state index contributed by atoms with van der Waals surface area (Å²) in [6, 6.07) is 9.08. The lowest BCUT2D eigenvalue weighted by Gasteiger charge is -2.22. The van der Waals surface area contributed by atoms with Gasteiger partial charge in [-0.15, -0.1) is 0 Å². The first-order chi connectivity index (χ1) is 4.38. The Morgan fingerprint density at radius 1 is 1.33 bits per heavy atom. The second kappa shape index (κ2) is 1.58. The Hall–Kier alpha value is -0.820. The highest BCUT2D eigenvalue weighted by Crippen LogP contribution is 2.28. The Balaban J connectivity index is 2.51. The number of fused-ring (bicyclic) bond motifs is 1. The van der Waals surface area contributed by atoms with Crippen molar-refractivity contribution in [3.8, 4) is 0 Å². The maximum absolute atomic E-state index is 3.99. The number of quaternary nitrogens is 1. The zero-order chi connectivity index (χ0) is 6.27. The van der Waals surface area contributed by atoms with Crippen LogP contribution < -0.4 is 5.73 Å². The van der Waals surface area contributed by atoms with E-state index in [-0.39, 0.29) is 0 Å². The zero-order valence-corrected chi connectivity index (χ0v) is 5.30. The van der Waals surface area contributed by atoms with Crippen LogP contribution in [0.4, 0.5) is 0 Å². The largest absolute Gasteiger partial charge is 0.351 e. The van der Waals surface area contributed by atoms with Crippen LogP contribution in [0.2, 0.25) is 0 Å². The van der Waals surface area contributed by atoms with Gasteiger partial charge in [0, 0.05) is 12.0 Å². The van der Waals surface area contributed by atoms with Crippen LogP contribution in [0.3, 0.4) is 0 Å². The molecule has 0 amide bonds. The van der Waals surface area contributed by atoms with E-state index in [9.17, 15) is 0 Å². The first-order valence-corrected chi connectivity index (χ1v) is 3.29. The maximum atomic E-state index is 3.99. The van der Waals surface area contributed by atoms with Gasteiger partial charge in [-0.1, -0.05) is 24.3 Å². The fourth-order valence-electron chi connectivity index (χ4n) is 1.36. The van der Waals surface area contributed by atoms with Gasteiger partial charge in [0.1, 0.15) is 6.04 Å². The molecule has 2 rings (SSSR count). The van der Waals surface area contributed by atoms with E-state index in [4.69, 9.17) is 0 Å². The third-order valence-corrected chi connectivity index (χ3v) is 1.96. The van der Waals surface area contributed by atoms with E-state index in [1.807, 2.05) is 0 Å². The monoisotopic (exact) mass is 120 g/mol. The fraction of sp³-hybridized carbons (Fsp3) is 0.250. The molecule has 0 saturated carbocycles. The molecule has 1 aromatic carbocycles. The van der Waals surface area contributed by atoms with E-state index >= 15 is 0 Å². The number of rotatable bonds is 0. The first kappa shape index (κ1) is 5.00. The minimum absolute atomic E-state index is 0.571. The first-order valence-electron chi connectivity index (χ1n) is 3.29. The van der Waals surface area contributed by atoms with Crippen molar-refractivity contribution >= 4 is 0 Å². The maximum Gasteiger partial charge on any atom is 0.114 e. The summed E-state index contributed by atoms with van der Waals surface area (Å²) in [5, 5.41) is 0. The van der Waals surface area contributed by atoms with Crippen LogP contribution in [-0.4, -0.2) is 0 Å². The van der Waals surface area contributed by atoms with E-state index in [0.717, 1.165) is 0 Å². The van der Waals surface area contributed by atoms with Gasteiger partial charge in [-0.2, -0.15) is 0 Å². The molecule has 0 heterocycles. The van der Waals surface area contributed by atoms with Gasteiger partial charge in [-0.25, -0.2) is 0 Å². The smallest absolute Gasteiger partial charge is 0.114 e. The fourth-order valence-corrected chi connectivity index (χ4v) is 1.36. The Kier molecular flexibility index (Phi) is 0.878. The van der Waals surface area contributed by atoms with Gasteiger partial charge >= 0.3 is 0 Å². The molecule has 9 heavy (non-hydrogen) atoms. The van der Waals surface area contributed by atoms with Gasteiger partial charge < -0.3 is 5.73 Å². The van der Waals surface area contributed by atoms with Crippen molar-refractivity contribution < 1.29 is 5.73 Å². The molecule has 0 unspecified atom stereocenters. The van der Waals surface area contributed by atoms with Crippen LogP contribution in [0.25, 0.3) is 0 Å². The van der Waals surface area contributed by atoms with E-state index < -0.39 is 0 Å². The van der Waals surface area contributed by atoms with Gasteiger partial charge in [0.2, 0.25) is 0 Å². The molecule has 0 aliphatic heterocycles. The van der Waals surface area contributed by atoms with Gasteiger partial charge in [0.05, 0.1) is 0 Å². The second-order valence-electron chi connectivity index (χ2n) is 2.60. The lowest BCUT2D eigenvalue weighted by Crippen LogP contribution is -2.58. The van der Waals surface area contributed by atoms with Crippen LogP contribution in [0, 0.1) is 0 Å². The van der Waals surface area contributed by atoms with Crippen molar-refractivity contribution in [2.45, 2.75) is 12.5 Å². The molecule has 0 radical (unpaired) electrons. The Bertz CT molecular complexity index is 230.